The molecule has 0 N–H and O–H groups in total. The van der Waals surface area contributed by atoms with E-state index >= 15 is 0 Å². The summed E-state index contributed by atoms with van der Waals surface area (Å²) >= 11 is 9.46. The summed E-state index contributed by atoms with van der Waals surface area (Å²) in [6.45, 7) is 3.94. The molecule has 1 heterocycles. The molecule has 3 aromatic rings. The largest absolute Gasteiger partial charge is 0.496 e. The van der Waals surface area contributed by atoms with Crippen molar-refractivity contribution in [3.8, 4) is 5.75 Å². The van der Waals surface area contributed by atoms with Gasteiger partial charge in [0, 0.05) is 21.0 Å². The minimum Gasteiger partial charge on any atom is -0.496 e. The summed E-state index contributed by atoms with van der Waals surface area (Å²) in [6.07, 6.45) is 1.56. The van der Waals surface area contributed by atoms with Gasteiger partial charge in [-0.1, -0.05) is 41.4 Å². The van der Waals surface area contributed by atoms with Crippen LogP contribution in [-0.4, -0.2) is 23.0 Å². The number of hydrogen-bond donors (Lipinski definition) is 0. The number of benzene rings is 2. The van der Waals surface area contributed by atoms with Crippen molar-refractivity contribution in [3.63, 3.8) is 0 Å². The number of hydrogen-bond acceptors (Lipinski definition) is 4. The fourth-order valence-electron chi connectivity index (χ4n) is 2.58. The smallest absolute Gasteiger partial charge is 0.282 e. The van der Waals surface area contributed by atoms with Crippen LogP contribution in [0.1, 0.15) is 31.2 Å². The predicted molar refractivity (Wildman–Crippen MR) is 109 cm³/mol. The van der Waals surface area contributed by atoms with Gasteiger partial charge in [-0.3, -0.25) is 4.79 Å². The Bertz CT molecular complexity index is 1060. The Hall–Kier alpha value is -2.18. The molecule has 0 aliphatic carbocycles. The lowest BCUT2D eigenvalue weighted by Crippen LogP contribution is -2.23. The zero-order chi connectivity index (χ0) is 18.8. The molecule has 0 fully saturated rings. The lowest BCUT2D eigenvalue weighted by atomic mass is 10.2. The molecule has 0 saturated heterocycles. The summed E-state index contributed by atoms with van der Waals surface area (Å²) in [6, 6.07) is 10.7. The summed E-state index contributed by atoms with van der Waals surface area (Å²) in [5.74, 6) is 1.23. The third-order valence-electron chi connectivity index (χ3n) is 3.85. The van der Waals surface area contributed by atoms with Crippen molar-refractivity contribution in [2.24, 2.45) is 5.10 Å². The summed E-state index contributed by atoms with van der Waals surface area (Å²) in [4.78, 5) is 17.6. The van der Waals surface area contributed by atoms with Crippen LogP contribution < -0.4 is 10.3 Å². The first kappa shape index (κ1) is 18.6. The molecule has 0 aliphatic heterocycles. The zero-order valence-electron chi connectivity index (χ0n) is 14.5. The maximum atomic E-state index is 13.0. The highest BCUT2D eigenvalue weighted by molar-refractivity contribution is 9.10. The highest BCUT2D eigenvalue weighted by Gasteiger charge is 2.14. The van der Waals surface area contributed by atoms with Crippen LogP contribution >= 0.6 is 27.5 Å². The van der Waals surface area contributed by atoms with E-state index in [0.29, 0.717) is 33.1 Å². The Balaban J connectivity index is 2.21. The SMILES string of the molecule is COc1ccc(Cl)cc1C=Nn1c(C(C)C)nc2ccc(Br)cc2c1=O. The molecule has 26 heavy (non-hydrogen) atoms. The topological polar surface area (TPSA) is 56.5 Å². The Kier molecular flexibility index (Phi) is 5.44. The van der Waals surface area contributed by atoms with Crippen LogP contribution in [0.3, 0.4) is 0 Å². The van der Waals surface area contributed by atoms with Crippen LogP contribution in [0.5, 0.6) is 5.75 Å². The first-order valence-corrected chi connectivity index (χ1v) is 9.18. The highest BCUT2D eigenvalue weighted by atomic mass is 79.9. The van der Waals surface area contributed by atoms with Gasteiger partial charge in [-0.2, -0.15) is 9.78 Å². The summed E-state index contributed by atoms with van der Waals surface area (Å²) in [7, 11) is 1.57. The van der Waals surface area contributed by atoms with Crippen molar-refractivity contribution in [1.29, 1.82) is 0 Å². The average molecular weight is 435 g/mol. The van der Waals surface area contributed by atoms with Crippen LogP contribution in [0, 0.1) is 0 Å². The number of halogens is 2. The fourth-order valence-corrected chi connectivity index (χ4v) is 3.12. The Labute approximate surface area is 164 Å². The quantitative estimate of drug-likeness (QED) is 0.553. The molecule has 7 heteroatoms. The van der Waals surface area contributed by atoms with E-state index in [9.17, 15) is 4.79 Å². The number of aromatic nitrogens is 2. The molecule has 0 amide bonds. The molecule has 0 bridgehead atoms. The lowest BCUT2D eigenvalue weighted by Gasteiger charge is -2.12. The molecular weight excluding hydrogens is 418 g/mol. The van der Waals surface area contributed by atoms with Crippen LogP contribution in [0.15, 0.2) is 50.8 Å². The van der Waals surface area contributed by atoms with Crippen LogP contribution in [-0.2, 0) is 0 Å². The number of rotatable bonds is 4. The van der Waals surface area contributed by atoms with Gasteiger partial charge in [0.1, 0.15) is 11.6 Å². The average Bonchev–Trinajstić information content (AvgIpc) is 2.61. The predicted octanol–water partition coefficient (Wildman–Crippen LogP) is 4.83. The van der Waals surface area contributed by atoms with Crippen molar-refractivity contribution in [1.82, 2.24) is 9.66 Å². The van der Waals surface area contributed by atoms with Crippen molar-refractivity contribution in [2.75, 3.05) is 7.11 Å². The molecule has 3 rings (SSSR count). The summed E-state index contributed by atoms with van der Waals surface area (Å²) in [5, 5.41) is 5.45. The van der Waals surface area contributed by atoms with Gasteiger partial charge in [-0.15, -0.1) is 0 Å². The van der Waals surface area contributed by atoms with Crippen LogP contribution in [0.4, 0.5) is 0 Å². The molecule has 0 radical (unpaired) electrons. The molecule has 2 aromatic carbocycles. The molecule has 1 aromatic heterocycles. The second-order valence-electron chi connectivity index (χ2n) is 6.03. The third-order valence-corrected chi connectivity index (χ3v) is 4.58. The Morgan fingerprint density at radius 3 is 2.73 bits per heavy atom. The van der Waals surface area contributed by atoms with E-state index in [1.165, 1.54) is 4.68 Å². The standard InChI is InChI=1S/C19H17BrClN3O2/c1-11(2)18-23-16-6-4-13(20)9-15(16)19(25)24(18)22-10-12-8-14(21)5-7-17(12)26-3/h4-11H,1-3H3. The maximum absolute atomic E-state index is 13.0. The molecule has 0 saturated carbocycles. The third kappa shape index (κ3) is 3.66. The highest BCUT2D eigenvalue weighted by Crippen LogP contribution is 2.22. The second-order valence-corrected chi connectivity index (χ2v) is 7.39. The zero-order valence-corrected chi connectivity index (χ0v) is 16.9. The molecule has 0 aliphatic rings. The van der Waals surface area contributed by atoms with E-state index in [4.69, 9.17) is 16.3 Å². The normalized spacial score (nSPS) is 11.6. The Morgan fingerprint density at radius 1 is 1.27 bits per heavy atom. The van der Waals surface area contributed by atoms with Crippen LogP contribution in [0.2, 0.25) is 5.02 Å². The number of fused-ring (bicyclic) bond motifs is 1. The van der Waals surface area contributed by atoms with E-state index in [1.54, 1.807) is 37.6 Å². The number of nitrogens with zero attached hydrogens (tertiary/aromatic N) is 3. The summed E-state index contributed by atoms with van der Waals surface area (Å²) < 4.78 is 7.47. The van der Waals surface area contributed by atoms with E-state index in [1.807, 2.05) is 26.0 Å². The van der Waals surface area contributed by atoms with Crippen molar-refractivity contribution in [2.45, 2.75) is 19.8 Å². The lowest BCUT2D eigenvalue weighted by molar-refractivity contribution is 0.414. The fraction of sp³-hybridized carbons (Fsp3) is 0.211. The minimum atomic E-state index is -0.225. The number of ether oxygens (including phenoxy) is 1. The summed E-state index contributed by atoms with van der Waals surface area (Å²) in [5.41, 5.74) is 1.10. The number of methoxy groups -OCH3 is 1. The Morgan fingerprint density at radius 2 is 2.04 bits per heavy atom. The van der Waals surface area contributed by atoms with Crippen molar-refractivity contribution in [3.05, 3.63) is 67.6 Å². The second kappa shape index (κ2) is 7.60. The van der Waals surface area contributed by atoms with E-state index < -0.39 is 0 Å². The van der Waals surface area contributed by atoms with E-state index in [0.717, 1.165) is 4.47 Å². The van der Waals surface area contributed by atoms with E-state index in [-0.39, 0.29) is 11.5 Å². The van der Waals surface area contributed by atoms with Gasteiger partial charge in [-0.05, 0) is 36.4 Å². The maximum Gasteiger partial charge on any atom is 0.282 e. The molecule has 134 valence electrons. The van der Waals surface area contributed by atoms with Crippen LogP contribution in [0.25, 0.3) is 10.9 Å². The van der Waals surface area contributed by atoms with Crippen molar-refractivity contribution >= 4 is 44.6 Å². The molecule has 5 nitrogen and oxygen atoms in total. The molecule has 0 atom stereocenters. The van der Waals surface area contributed by atoms with Gasteiger partial charge < -0.3 is 4.74 Å². The monoisotopic (exact) mass is 433 g/mol. The van der Waals surface area contributed by atoms with Crippen molar-refractivity contribution < 1.29 is 4.74 Å². The molecule has 0 spiro atoms. The van der Waals surface area contributed by atoms with Gasteiger partial charge in [-0.25, -0.2) is 4.98 Å². The van der Waals surface area contributed by atoms with Gasteiger partial charge in [0.15, 0.2) is 0 Å². The van der Waals surface area contributed by atoms with Gasteiger partial charge in [0.2, 0.25) is 0 Å². The van der Waals surface area contributed by atoms with Gasteiger partial charge in [0.25, 0.3) is 5.56 Å². The molecule has 0 unspecified atom stereocenters. The molecular formula is C19H17BrClN3O2. The van der Waals surface area contributed by atoms with Gasteiger partial charge >= 0.3 is 0 Å². The first-order valence-electron chi connectivity index (χ1n) is 8.01. The van der Waals surface area contributed by atoms with E-state index in [2.05, 4.69) is 26.0 Å². The van der Waals surface area contributed by atoms with Gasteiger partial charge in [0.05, 0.1) is 24.2 Å². The minimum absolute atomic E-state index is 0.0224. The first-order chi connectivity index (χ1) is 12.4.